The van der Waals surface area contributed by atoms with Crippen LogP contribution < -0.4 is 15.8 Å². The third kappa shape index (κ3) is 2.95. The number of hydrogen-bond donors (Lipinski definition) is 2. The molecule has 0 aliphatic carbocycles. The lowest BCUT2D eigenvalue weighted by Gasteiger charge is -2.04. The number of nitrogens with zero attached hydrogens (tertiary/aromatic N) is 2. The topological polar surface area (TPSA) is 90.1 Å². The fraction of sp³-hybridized carbons (Fsp3) is 0.182. The molecule has 6 nitrogen and oxygen atoms in total. The van der Waals surface area contributed by atoms with Gasteiger partial charge in [0.05, 0.1) is 6.61 Å². The van der Waals surface area contributed by atoms with Gasteiger partial charge in [-0.25, -0.2) is 0 Å². The normalized spacial score (nSPS) is 10.1. The number of anilines is 2. The van der Waals surface area contributed by atoms with E-state index in [9.17, 15) is 4.79 Å². The average molecular weight is 264 g/mol. The van der Waals surface area contributed by atoms with Gasteiger partial charge in [-0.1, -0.05) is 11.3 Å². The van der Waals surface area contributed by atoms with Crippen LogP contribution in [0.15, 0.2) is 24.3 Å². The summed E-state index contributed by atoms with van der Waals surface area (Å²) < 4.78 is 5.29. The van der Waals surface area contributed by atoms with Gasteiger partial charge in [-0.2, -0.15) is 0 Å². The molecule has 0 saturated heterocycles. The second-order valence-electron chi connectivity index (χ2n) is 3.36. The molecule has 2 rings (SSSR count). The van der Waals surface area contributed by atoms with E-state index in [1.807, 2.05) is 6.92 Å². The van der Waals surface area contributed by atoms with Crippen LogP contribution in [0.4, 0.5) is 10.3 Å². The second kappa shape index (κ2) is 5.46. The second-order valence-corrected chi connectivity index (χ2v) is 4.37. The first-order valence-electron chi connectivity index (χ1n) is 5.32. The molecule has 1 amide bonds. The summed E-state index contributed by atoms with van der Waals surface area (Å²) in [5.74, 6) is 0.475. The standard InChI is InChI=1S/C11H12N4O2S/c1-2-17-8-5-3-7(4-6-8)9(16)13-11-15-14-10(12)18-11/h3-6H,2H2,1H3,(H2,12,14)(H,13,15,16). The molecule has 0 bridgehead atoms. The Kier molecular flexibility index (Phi) is 3.73. The van der Waals surface area contributed by atoms with Crippen molar-refractivity contribution in [1.82, 2.24) is 10.2 Å². The number of carbonyl (C=O) groups excluding carboxylic acids is 1. The molecule has 0 fully saturated rings. The number of hydrogen-bond acceptors (Lipinski definition) is 6. The number of nitrogens with two attached hydrogens (primary N) is 1. The minimum atomic E-state index is -0.255. The van der Waals surface area contributed by atoms with Crippen LogP contribution in [-0.4, -0.2) is 22.7 Å². The van der Waals surface area contributed by atoms with Gasteiger partial charge in [-0.15, -0.1) is 10.2 Å². The van der Waals surface area contributed by atoms with Crippen molar-refractivity contribution in [3.8, 4) is 5.75 Å². The van der Waals surface area contributed by atoms with Gasteiger partial charge in [0.1, 0.15) is 5.75 Å². The summed E-state index contributed by atoms with van der Waals surface area (Å²) >= 11 is 1.12. The van der Waals surface area contributed by atoms with E-state index in [0.29, 0.717) is 22.4 Å². The van der Waals surface area contributed by atoms with E-state index in [4.69, 9.17) is 10.5 Å². The molecule has 0 saturated carbocycles. The van der Waals surface area contributed by atoms with Gasteiger partial charge >= 0.3 is 0 Å². The molecule has 7 heteroatoms. The average Bonchev–Trinajstić information content (AvgIpc) is 2.76. The van der Waals surface area contributed by atoms with Crippen LogP contribution in [0.5, 0.6) is 5.75 Å². The van der Waals surface area contributed by atoms with E-state index < -0.39 is 0 Å². The lowest BCUT2D eigenvalue weighted by molar-refractivity contribution is 0.102. The summed E-state index contributed by atoms with van der Waals surface area (Å²) in [6.07, 6.45) is 0. The van der Waals surface area contributed by atoms with Crippen molar-refractivity contribution < 1.29 is 9.53 Å². The molecule has 1 heterocycles. The fourth-order valence-electron chi connectivity index (χ4n) is 1.32. The van der Waals surface area contributed by atoms with Crippen LogP contribution >= 0.6 is 11.3 Å². The number of carbonyl (C=O) groups is 1. The maximum Gasteiger partial charge on any atom is 0.257 e. The first-order chi connectivity index (χ1) is 8.69. The zero-order chi connectivity index (χ0) is 13.0. The smallest absolute Gasteiger partial charge is 0.257 e. The predicted molar refractivity (Wildman–Crippen MR) is 69.9 cm³/mol. The Bertz CT molecular complexity index is 538. The zero-order valence-electron chi connectivity index (χ0n) is 9.71. The van der Waals surface area contributed by atoms with Gasteiger partial charge in [0.15, 0.2) is 0 Å². The van der Waals surface area contributed by atoms with E-state index in [1.54, 1.807) is 24.3 Å². The number of amides is 1. The monoisotopic (exact) mass is 264 g/mol. The SMILES string of the molecule is CCOc1ccc(C(=O)Nc2nnc(N)s2)cc1. The minimum Gasteiger partial charge on any atom is -0.494 e. The van der Waals surface area contributed by atoms with Crippen LogP contribution in [0.3, 0.4) is 0 Å². The third-order valence-electron chi connectivity index (χ3n) is 2.09. The summed E-state index contributed by atoms with van der Waals surface area (Å²) in [7, 11) is 0. The van der Waals surface area contributed by atoms with Crippen LogP contribution in [0.2, 0.25) is 0 Å². The summed E-state index contributed by atoms with van der Waals surface area (Å²) in [6, 6.07) is 6.86. The Morgan fingerprint density at radius 3 is 2.67 bits per heavy atom. The van der Waals surface area contributed by atoms with E-state index in [1.165, 1.54) is 0 Å². The van der Waals surface area contributed by atoms with Crippen molar-refractivity contribution in [3.05, 3.63) is 29.8 Å². The quantitative estimate of drug-likeness (QED) is 0.878. The third-order valence-corrected chi connectivity index (χ3v) is 2.76. The highest BCUT2D eigenvalue weighted by molar-refractivity contribution is 7.19. The summed E-state index contributed by atoms with van der Waals surface area (Å²) in [4.78, 5) is 11.8. The minimum absolute atomic E-state index is 0.255. The predicted octanol–water partition coefficient (Wildman–Crippen LogP) is 1.77. The summed E-state index contributed by atoms with van der Waals surface area (Å²) in [5.41, 5.74) is 5.94. The van der Waals surface area contributed by atoms with Crippen molar-refractivity contribution in [2.24, 2.45) is 0 Å². The number of aromatic nitrogens is 2. The molecule has 1 aromatic carbocycles. The summed E-state index contributed by atoms with van der Waals surface area (Å²) in [6.45, 7) is 2.50. The number of ether oxygens (including phenoxy) is 1. The van der Waals surface area contributed by atoms with E-state index >= 15 is 0 Å². The first-order valence-corrected chi connectivity index (χ1v) is 6.14. The van der Waals surface area contributed by atoms with E-state index in [0.717, 1.165) is 17.1 Å². The maximum absolute atomic E-state index is 11.8. The van der Waals surface area contributed by atoms with E-state index in [2.05, 4.69) is 15.5 Å². The molecule has 0 unspecified atom stereocenters. The Labute approximate surface area is 108 Å². The van der Waals surface area contributed by atoms with E-state index in [-0.39, 0.29) is 5.91 Å². The molecule has 2 aromatic rings. The number of benzene rings is 1. The maximum atomic E-state index is 11.8. The highest BCUT2D eigenvalue weighted by atomic mass is 32.1. The van der Waals surface area contributed by atoms with Gasteiger partial charge in [0.25, 0.3) is 5.91 Å². The molecule has 0 aliphatic heterocycles. The Balaban J connectivity index is 2.04. The number of rotatable bonds is 4. The molecule has 0 aliphatic rings. The largest absolute Gasteiger partial charge is 0.494 e. The summed E-state index contributed by atoms with van der Waals surface area (Å²) in [5, 5.41) is 10.6. The first kappa shape index (κ1) is 12.3. The Morgan fingerprint density at radius 2 is 2.11 bits per heavy atom. The molecule has 0 spiro atoms. The molecule has 3 N–H and O–H groups in total. The van der Waals surface area contributed by atoms with Crippen LogP contribution in [0, 0.1) is 0 Å². The Hall–Kier alpha value is -2.15. The molecule has 0 atom stereocenters. The number of nitrogens with one attached hydrogen (secondary N) is 1. The lowest BCUT2D eigenvalue weighted by Crippen LogP contribution is -2.11. The van der Waals surface area contributed by atoms with Gasteiger partial charge < -0.3 is 10.5 Å². The lowest BCUT2D eigenvalue weighted by atomic mass is 10.2. The van der Waals surface area contributed by atoms with Crippen LogP contribution in [-0.2, 0) is 0 Å². The van der Waals surface area contributed by atoms with Gasteiger partial charge in [-0.3, -0.25) is 10.1 Å². The van der Waals surface area contributed by atoms with Crippen LogP contribution in [0.25, 0.3) is 0 Å². The molecular weight excluding hydrogens is 252 g/mol. The Morgan fingerprint density at radius 1 is 1.39 bits per heavy atom. The molecule has 1 aromatic heterocycles. The fourth-order valence-corrected chi connectivity index (χ4v) is 1.83. The number of nitrogen functional groups attached to an aromatic ring is 1. The highest BCUT2D eigenvalue weighted by Gasteiger charge is 2.09. The molecule has 94 valence electrons. The highest BCUT2D eigenvalue weighted by Crippen LogP contribution is 2.18. The van der Waals surface area contributed by atoms with Crippen molar-refractivity contribution in [2.75, 3.05) is 17.7 Å². The van der Waals surface area contributed by atoms with Gasteiger partial charge in [0, 0.05) is 5.56 Å². The molecule has 0 radical (unpaired) electrons. The van der Waals surface area contributed by atoms with Gasteiger partial charge in [-0.05, 0) is 31.2 Å². The van der Waals surface area contributed by atoms with Crippen molar-refractivity contribution in [1.29, 1.82) is 0 Å². The molecule has 18 heavy (non-hydrogen) atoms. The zero-order valence-corrected chi connectivity index (χ0v) is 10.5. The molecular formula is C11H12N4O2S. The van der Waals surface area contributed by atoms with Crippen molar-refractivity contribution in [3.63, 3.8) is 0 Å². The van der Waals surface area contributed by atoms with Crippen LogP contribution in [0.1, 0.15) is 17.3 Å². The van der Waals surface area contributed by atoms with Gasteiger partial charge in [0.2, 0.25) is 10.3 Å². The van der Waals surface area contributed by atoms with Crippen molar-refractivity contribution in [2.45, 2.75) is 6.92 Å². The van der Waals surface area contributed by atoms with Crippen molar-refractivity contribution >= 4 is 27.5 Å².